The Hall–Kier alpha value is -1.49. The van der Waals surface area contributed by atoms with E-state index in [1.807, 2.05) is 0 Å². The van der Waals surface area contributed by atoms with Gasteiger partial charge in [0.25, 0.3) is 0 Å². The molecule has 0 aliphatic rings. The fourth-order valence-electron chi connectivity index (χ4n) is 1.30. The van der Waals surface area contributed by atoms with Crippen molar-refractivity contribution in [2.75, 3.05) is 6.54 Å². The van der Waals surface area contributed by atoms with Crippen LogP contribution in [0.1, 0.15) is 18.9 Å². The van der Waals surface area contributed by atoms with E-state index in [1.54, 1.807) is 6.92 Å². The Bertz CT molecular complexity index is 396. The van der Waals surface area contributed by atoms with Gasteiger partial charge in [-0.2, -0.15) is 0 Å². The third-order valence-corrected chi connectivity index (χ3v) is 2.39. The summed E-state index contributed by atoms with van der Waals surface area (Å²) >= 11 is 0. The number of carbonyl (C=O) groups excluding carboxylic acids is 1. The third kappa shape index (κ3) is 4.11. The van der Waals surface area contributed by atoms with Crippen molar-refractivity contribution in [2.45, 2.75) is 25.9 Å². The molecule has 1 aromatic carbocycles. The summed E-state index contributed by atoms with van der Waals surface area (Å²) < 4.78 is 26.1. The first kappa shape index (κ1) is 13.6. The van der Waals surface area contributed by atoms with Crippen LogP contribution in [-0.2, 0) is 11.2 Å². The van der Waals surface area contributed by atoms with Crippen LogP contribution in [0.3, 0.4) is 0 Å². The number of hydrogen-bond donors (Lipinski definition) is 2. The van der Waals surface area contributed by atoms with Crippen LogP contribution in [0.4, 0.5) is 8.78 Å². The lowest BCUT2D eigenvalue weighted by Gasteiger charge is -2.09. The van der Waals surface area contributed by atoms with Gasteiger partial charge in [-0.25, -0.2) is 8.78 Å². The van der Waals surface area contributed by atoms with E-state index in [9.17, 15) is 18.7 Å². The number of halogens is 2. The number of benzene rings is 1. The maximum Gasteiger partial charge on any atom is 0.224 e. The lowest BCUT2D eigenvalue weighted by molar-refractivity contribution is -0.120. The first-order valence-electron chi connectivity index (χ1n) is 5.42. The summed E-state index contributed by atoms with van der Waals surface area (Å²) in [4.78, 5) is 11.4. The predicted octanol–water partition coefficient (Wildman–Crippen LogP) is 1.39. The topological polar surface area (TPSA) is 49.3 Å². The summed E-state index contributed by atoms with van der Waals surface area (Å²) in [6, 6.07) is 3.70. The molecule has 2 N–H and O–H groups in total. The van der Waals surface area contributed by atoms with Gasteiger partial charge in [-0.1, -0.05) is 19.1 Å². The van der Waals surface area contributed by atoms with Crippen molar-refractivity contribution in [3.63, 3.8) is 0 Å². The van der Waals surface area contributed by atoms with Crippen molar-refractivity contribution >= 4 is 5.91 Å². The Morgan fingerprint density at radius 1 is 1.47 bits per heavy atom. The molecule has 1 aromatic rings. The molecule has 94 valence electrons. The van der Waals surface area contributed by atoms with Crippen LogP contribution in [-0.4, -0.2) is 23.7 Å². The van der Waals surface area contributed by atoms with E-state index in [0.29, 0.717) is 6.42 Å². The van der Waals surface area contributed by atoms with E-state index in [0.717, 1.165) is 6.07 Å². The highest BCUT2D eigenvalue weighted by Crippen LogP contribution is 2.11. The fourth-order valence-corrected chi connectivity index (χ4v) is 1.30. The molecule has 1 amide bonds. The smallest absolute Gasteiger partial charge is 0.224 e. The van der Waals surface area contributed by atoms with E-state index in [4.69, 9.17) is 0 Å². The molecule has 0 spiro atoms. The zero-order chi connectivity index (χ0) is 12.8. The maximum absolute atomic E-state index is 13.2. The normalized spacial score (nSPS) is 12.2. The zero-order valence-electron chi connectivity index (χ0n) is 9.54. The first-order chi connectivity index (χ1) is 8.04. The molecule has 5 heteroatoms. The molecule has 1 unspecified atom stereocenters. The summed E-state index contributed by atoms with van der Waals surface area (Å²) in [7, 11) is 0. The average molecular weight is 243 g/mol. The number of hydrogen-bond acceptors (Lipinski definition) is 2. The average Bonchev–Trinajstić information content (AvgIpc) is 2.32. The van der Waals surface area contributed by atoms with E-state index in [1.165, 1.54) is 12.1 Å². The predicted molar refractivity (Wildman–Crippen MR) is 59.4 cm³/mol. The molecule has 0 fully saturated rings. The van der Waals surface area contributed by atoms with Crippen LogP contribution < -0.4 is 5.32 Å². The summed E-state index contributed by atoms with van der Waals surface area (Å²) in [5.74, 6) is -2.41. The molecule has 3 nitrogen and oxygen atoms in total. The summed E-state index contributed by atoms with van der Waals surface area (Å²) in [6.07, 6.45) is -0.328. The van der Waals surface area contributed by atoms with Crippen molar-refractivity contribution in [3.05, 3.63) is 35.4 Å². The summed E-state index contributed by atoms with van der Waals surface area (Å²) in [5.41, 5.74) is 0.00786. The Morgan fingerprint density at radius 3 is 2.82 bits per heavy atom. The molecule has 17 heavy (non-hydrogen) atoms. The van der Waals surface area contributed by atoms with Gasteiger partial charge in [0, 0.05) is 12.1 Å². The lowest BCUT2D eigenvalue weighted by atomic mass is 10.1. The van der Waals surface area contributed by atoms with Crippen molar-refractivity contribution in [3.8, 4) is 0 Å². The van der Waals surface area contributed by atoms with Crippen molar-refractivity contribution < 1.29 is 18.7 Å². The number of nitrogens with one attached hydrogen (secondary N) is 1. The van der Waals surface area contributed by atoms with Gasteiger partial charge in [0.2, 0.25) is 5.91 Å². The SMILES string of the molecule is CCC(O)CNC(=O)Cc1cccc(F)c1F. The van der Waals surface area contributed by atoms with Crippen LogP contribution in [0.2, 0.25) is 0 Å². The van der Waals surface area contributed by atoms with Gasteiger partial charge in [0.05, 0.1) is 12.5 Å². The second kappa shape index (κ2) is 6.30. The molecule has 0 heterocycles. The molecule has 0 bridgehead atoms. The minimum Gasteiger partial charge on any atom is -0.391 e. The second-order valence-electron chi connectivity index (χ2n) is 3.76. The summed E-state index contributed by atoms with van der Waals surface area (Å²) in [6.45, 7) is 1.90. The van der Waals surface area contributed by atoms with Crippen LogP contribution in [0, 0.1) is 11.6 Å². The second-order valence-corrected chi connectivity index (χ2v) is 3.76. The monoisotopic (exact) mass is 243 g/mol. The Balaban J connectivity index is 2.54. The molecule has 0 radical (unpaired) electrons. The van der Waals surface area contributed by atoms with E-state index >= 15 is 0 Å². The van der Waals surface area contributed by atoms with Crippen molar-refractivity contribution in [1.82, 2.24) is 5.32 Å². The van der Waals surface area contributed by atoms with Crippen LogP contribution in [0.5, 0.6) is 0 Å². The van der Waals surface area contributed by atoms with E-state index in [2.05, 4.69) is 5.32 Å². The van der Waals surface area contributed by atoms with Gasteiger partial charge < -0.3 is 10.4 Å². The molecule has 1 atom stereocenters. The molecule has 0 aliphatic heterocycles. The standard InChI is InChI=1S/C12H15F2NO2/c1-2-9(16)7-15-11(17)6-8-4-3-5-10(13)12(8)14/h3-5,9,16H,2,6-7H2,1H3,(H,15,17). The van der Waals surface area contributed by atoms with E-state index < -0.39 is 23.6 Å². The largest absolute Gasteiger partial charge is 0.391 e. The Kier molecular flexibility index (Phi) is 5.03. The van der Waals surface area contributed by atoms with Crippen molar-refractivity contribution in [1.29, 1.82) is 0 Å². The fraction of sp³-hybridized carbons (Fsp3) is 0.417. The highest BCUT2D eigenvalue weighted by molar-refractivity contribution is 5.78. The third-order valence-electron chi connectivity index (χ3n) is 2.39. The van der Waals surface area contributed by atoms with Gasteiger partial charge in [-0.15, -0.1) is 0 Å². The lowest BCUT2D eigenvalue weighted by Crippen LogP contribution is -2.32. The highest BCUT2D eigenvalue weighted by atomic mass is 19.2. The number of amides is 1. The Labute approximate surface area is 98.5 Å². The first-order valence-corrected chi connectivity index (χ1v) is 5.42. The summed E-state index contributed by atoms with van der Waals surface area (Å²) in [5, 5.41) is 11.7. The number of carbonyl (C=O) groups is 1. The molecule has 0 aliphatic carbocycles. The highest BCUT2D eigenvalue weighted by Gasteiger charge is 2.12. The number of rotatable bonds is 5. The van der Waals surface area contributed by atoms with Crippen LogP contribution >= 0.6 is 0 Å². The molecule has 0 aromatic heterocycles. The van der Waals surface area contributed by atoms with Gasteiger partial charge >= 0.3 is 0 Å². The van der Waals surface area contributed by atoms with Gasteiger partial charge in [0.15, 0.2) is 11.6 Å². The molecular formula is C12H15F2NO2. The molecule has 1 rings (SSSR count). The van der Waals surface area contributed by atoms with Gasteiger partial charge in [-0.3, -0.25) is 4.79 Å². The van der Waals surface area contributed by atoms with Crippen LogP contribution in [0.25, 0.3) is 0 Å². The van der Waals surface area contributed by atoms with Gasteiger partial charge in [-0.05, 0) is 12.5 Å². The minimum atomic E-state index is -1.00. The zero-order valence-corrected chi connectivity index (χ0v) is 9.54. The number of aliphatic hydroxyl groups excluding tert-OH is 1. The molecule has 0 saturated heterocycles. The quantitative estimate of drug-likeness (QED) is 0.821. The van der Waals surface area contributed by atoms with E-state index in [-0.39, 0.29) is 18.5 Å². The van der Waals surface area contributed by atoms with Crippen molar-refractivity contribution in [2.24, 2.45) is 0 Å². The Morgan fingerprint density at radius 2 is 2.18 bits per heavy atom. The van der Waals surface area contributed by atoms with Crippen LogP contribution in [0.15, 0.2) is 18.2 Å². The minimum absolute atomic E-state index is 0.00786. The maximum atomic E-state index is 13.2. The van der Waals surface area contributed by atoms with Gasteiger partial charge in [0.1, 0.15) is 0 Å². The molecule has 0 saturated carbocycles. The molecular weight excluding hydrogens is 228 g/mol. The number of aliphatic hydroxyl groups is 1.